The van der Waals surface area contributed by atoms with Crippen LogP contribution in [0, 0.1) is 23.2 Å². The van der Waals surface area contributed by atoms with Crippen LogP contribution in [0.15, 0.2) is 0 Å². The highest BCUT2D eigenvalue weighted by Gasteiger charge is 2.54. The van der Waals surface area contributed by atoms with Gasteiger partial charge in [0.25, 0.3) is 0 Å². The van der Waals surface area contributed by atoms with Gasteiger partial charge in [-0.3, -0.25) is 4.79 Å². The normalized spacial score (nSPS) is 38.1. The van der Waals surface area contributed by atoms with E-state index in [2.05, 4.69) is 21.2 Å². The van der Waals surface area contributed by atoms with Gasteiger partial charge in [-0.1, -0.05) is 15.9 Å². The fourth-order valence-electron chi connectivity index (χ4n) is 5.11. The summed E-state index contributed by atoms with van der Waals surface area (Å²) in [6.07, 6.45) is 8.58. The van der Waals surface area contributed by atoms with Crippen molar-refractivity contribution < 1.29 is 9.53 Å². The molecule has 3 nitrogen and oxygen atoms in total. The smallest absolute Gasteiger partial charge is 0.226 e. The van der Waals surface area contributed by atoms with Crippen molar-refractivity contribution in [3.8, 4) is 0 Å². The van der Waals surface area contributed by atoms with Gasteiger partial charge in [-0.2, -0.15) is 0 Å². The number of hydrogen-bond acceptors (Lipinski definition) is 2. The highest BCUT2D eigenvalue weighted by atomic mass is 79.9. The SMILES string of the molecule is O=C(NCCCOCCBr)C12CC3CC(CC(C3)C1)C2. The van der Waals surface area contributed by atoms with E-state index in [1.807, 2.05) is 0 Å². The minimum atomic E-state index is 0.00542. The molecule has 114 valence electrons. The van der Waals surface area contributed by atoms with Gasteiger partial charge < -0.3 is 10.1 Å². The first-order chi connectivity index (χ1) is 9.72. The highest BCUT2D eigenvalue weighted by Crippen LogP contribution is 2.60. The van der Waals surface area contributed by atoms with E-state index < -0.39 is 0 Å². The Labute approximate surface area is 130 Å². The standard InChI is InChI=1S/C16H26BrNO2/c17-2-5-20-4-1-3-18-15(19)16-9-12-6-13(10-16)8-14(7-12)11-16/h12-14H,1-11H2,(H,18,19). The number of carbonyl (C=O) groups excluding carboxylic acids is 1. The molecular weight excluding hydrogens is 318 g/mol. The molecule has 4 rings (SSSR count). The lowest BCUT2D eigenvalue weighted by Crippen LogP contribution is -2.53. The quantitative estimate of drug-likeness (QED) is 0.569. The van der Waals surface area contributed by atoms with Gasteiger partial charge >= 0.3 is 0 Å². The topological polar surface area (TPSA) is 38.3 Å². The molecule has 1 N–H and O–H groups in total. The molecule has 0 spiro atoms. The van der Waals surface area contributed by atoms with Crippen molar-refractivity contribution in [2.24, 2.45) is 23.2 Å². The summed E-state index contributed by atoms with van der Waals surface area (Å²) < 4.78 is 5.42. The Balaban J connectivity index is 1.45. The van der Waals surface area contributed by atoms with Crippen molar-refractivity contribution >= 4 is 21.8 Å². The lowest BCUT2D eigenvalue weighted by Gasteiger charge is -2.55. The fraction of sp³-hybridized carbons (Fsp3) is 0.938. The first kappa shape index (κ1) is 14.8. The Morgan fingerprint density at radius 3 is 2.25 bits per heavy atom. The number of rotatable bonds is 7. The van der Waals surface area contributed by atoms with Gasteiger partial charge in [0.2, 0.25) is 5.91 Å². The van der Waals surface area contributed by atoms with Crippen molar-refractivity contribution in [2.75, 3.05) is 25.1 Å². The highest BCUT2D eigenvalue weighted by molar-refractivity contribution is 9.09. The van der Waals surface area contributed by atoms with Gasteiger partial charge in [0, 0.05) is 23.9 Å². The Hall–Kier alpha value is -0.0900. The third kappa shape index (κ3) is 3.06. The van der Waals surface area contributed by atoms with Crippen molar-refractivity contribution in [3.05, 3.63) is 0 Å². The summed E-state index contributed by atoms with van der Waals surface area (Å²) in [4.78, 5) is 12.6. The summed E-state index contributed by atoms with van der Waals surface area (Å²) in [5, 5.41) is 4.07. The van der Waals surface area contributed by atoms with Crippen LogP contribution in [0.5, 0.6) is 0 Å². The molecule has 0 aromatic heterocycles. The molecule has 0 heterocycles. The van der Waals surface area contributed by atoms with Crippen LogP contribution >= 0.6 is 15.9 Å². The number of halogens is 1. The maximum atomic E-state index is 12.6. The molecule has 1 amide bonds. The van der Waals surface area contributed by atoms with Gasteiger partial charge in [-0.25, -0.2) is 0 Å². The summed E-state index contributed by atoms with van der Waals surface area (Å²) >= 11 is 3.34. The van der Waals surface area contributed by atoms with Crippen molar-refractivity contribution in [2.45, 2.75) is 44.9 Å². The molecule has 0 aromatic carbocycles. The number of alkyl halides is 1. The van der Waals surface area contributed by atoms with Crippen LogP contribution in [0.25, 0.3) is 0 Å². The molecule has 4 bridgehead atoms. The second kappa shape index (κ2) is 6.35. The summed E-state index contributed by atoms with van der Waals surface area (Å²) in [6, 6.07) is 0. The first-order valence-corrected chi connectivity index (χ1v) is 9.26. The van der Waals surface area contributed by atoms with E-state index >= 15 is 0 Å². The molecule has 0 aliphatic heterocycles. The van der Waals surface area contributed by atoms with E-state index in [4.69, 9.17) is 4.74 Å². The molecule has 4 aliphatic rings. The van der Waals surface area contributed by atoms with E-state index in [0.717, 1.165) is 68.5 Å². The zero-order valence-electron chi connectivity index (χ0n) is 12.2. The number of ether oxygens (including phenoxy) is 1. The maximum Gasteiger partial charge on any atom is 0.226 e. The average Bonchev–Trinajstić information content (AvgIpc) is 2.41. The van der Waals surface area contributed by atoms with E-state index in [9.17, 15) is 4.79 Å². The third-order valence-corrected chi connectivity index (χ3v) is 5.82. The van der Waals surface area contributed by atoms with Crippen molar-refractivity contribution in [3.63, 3.8) is 0 Å². The minimum absolute atomic E-state index is 0.00542. The summed E-state index contributed by atoms with van der Waals surface area (Å²) in [6.45, 7) is 2.26. The second-order valence-electron chi connectivity index (χ2n) is 7.11. The molecule has 0 unspecified atom stereocenters. The van der Waals surface area contributed by atoms with Crippen molar-refractivity contribution in [1.29, 1.82) is 0 Å². The third-order valence-electron chi connectivity index (χ3n) is 5.49. The van der Waals surface area contributed by atoms with Crippen LogP contribution in [0.3, 0.4) is 0 Å². The number of carbonyl (C=O) groups is 1. The van der Waals surface area contributed by atoms with Crippen LogP contribution in [0.4, 0.5) is 0 Å². The zero-order valence-corrected chi connectivity index (χ0v) is 13.8. The van der Waals surface area contributed by atoms with E-state index in [1.54, 1.807) is 0 Å². The summed E-state index contributed by atoms with van der Waals surface area (Å²) in [7, 11) is 0. The van der Waals surface area contributed by atoms with Crippen LogP contribution < -0.4 is 5.32 Å². The Morgan fingerprint density at radius 1 is 1.10 bits per heavy atom. The Bertz CT molecular complexity index is 323. The molecule has 0 radical (unpaired) electrons. The van der Waals surface area contributed by atoms with Gasteiger partial charge in [0.1, 0.15) is 0 Å². The van der Waals surface area contributed by atoms with Crippen LogP contribution in [-0.2, 0) is 9.53 Å². The summed E-state index contributed by atoms with van der Waals surface area (Å²) in [5.41, 5.74) is 0.00542. The Morgan fingerprint density at radius 2 is 1.70 bits per heavy atom. The molecule has 0 saturated heterocycles. The molecule has 20 heavy (non-hydrogen) atoms. The van der Waals surface area contributed by atoms with E-state index in [1.165, 1.54) is 19.3 Å². The van der Waals surface area contributed by atoms with Gasteiger partial charge in [0.05, 0.1) is 6.61 Å². The van der Waals surface area contributed by atoms with Crippen LogP contribution in [0.2, 0.25) is 0 Å². The minimum Gasteiger partial charge on any atom is -0.381 e. The molecule has 4 fully saturated rings. The molecule has 4 heteroatoms. The van der Waals surface area contributed by atoms with Crippen LogP contribution in [0.1, 0.15) is 44.9 Å². The summed E-state index contributed by atoms with van der Waals surface area (Å²) in [5.74, 6) is 2.87. The predicted molar refractivity (Wildman–Crippen MR) is 82.8 cm³/mol. The largest absolute Gasteiger partial charge is 0.381 e. The number of amides is 1. The first-order valence-electron chi connectivity index (χ1n) is 8.14. The fourth-order valence-corrected chi connectivity index (χ4v) is 5.34. The monoisotopic (exact) mass is 343 g/mol. The van der Waals surface area contributed by atoms with Crippen molar-refractivity contribution in [1.82, 2.24) is 5.32 Å². The van der Waals surface area contributed by atoms with E-state index in [-0.39, 0.29) is 5.41 Å². The molecule has 4 saturated carbocycles. The van der Waals surface area contributed by atoms with Gasteiger partial charge in [0.15, 0.2) is 0 Å². The van der Waals surface area contributed by atoms with E-state index in [0.29, 0.717) is 5.91 Å². The maximum absolute atomic E-state index is 12.6. The molecule has 0 atom stereocenters. The predicted octanol–water partition coefficient (Wildman–Crippen LogP) is 3.12. The van der Waals surface area contributed by atoms with Crippen LogP contribution in [-0.4, -0.2) is 31.0 Å². The molecule has 4 aliphatic carbocycles. The lowest BCUT2D eigenvalue weighted by molar-refractivity contribution is -0.146. The zero-order chi connectivity index (χ0) is 14.0. The Kier molecular flexibility index (Phi) is 4.71. The second-order valence-corrected chi connectivity index (χ2v) is 7.90. The molecule has 0 aromatic rings. The van der Waals surface area contributed by atoms with Gasteiger partial charge in [-0.15, -0.1) is 0 Å². The average molecular weight is 344 g/mol. The molecular formula is C16H26BrNO2. The van der Waals surface area contributed by atoms with Gasteiger partial charge in [-0.05, 0) is 62.7 Å². The lowest BCUT2D eigenvalue weighted by atomic mass is 9.49. The number of hydrogen-bond donors (Lipinski definition) is 1. The number of nitrogens with one attached hydrogen (secondary N) is 1.